The summed E-state index contributed by atoms with van der Waals surface area (Å²) in [6.45, 7) is 4.77. The van der Waals surface area contributed by atoms with Crippen molar-refractivity contribution in [2.24, 2.45) is 11.7 Å². The van der Waals surface area contributed by atoms with Gasteiger partial charge in [0.2, 0.25) is 5.28 Å². The highest BCUT2D eigenvalue weighted by Gasteiger charge is 2.11. The van der Waals surface area contributed by atoms with E-state index in [1.807, 2.05) is 13.8 Å². The first kappa shape index (κ1) is 11.7. The maximum absolute atomic E-state index is 11.0. The first-order valence-corrected chi connectivity index (χ1v) is 4.94. The molecule has 1 aromatic heterocycles. The molecular formula is C9H13ClN4O. The van der Waals surface area contributed by atoms with Crippen molar-refractivity contribution in [2.75, 3.05) is 11.9 Å². The van der Waals surface area contributed by atoms with Crippen LogP contribution in [-0.4, -0.2) is 22.4 Å². The molecule has 0 bridgehead atoms. The lowest BCUT2D eigenvalue weighted by Gasteiger charge is -2.10. The topological polar surface area (TPSA) is 80.9 Å². The fourth-order valence-corrected chi connectivity index (χ4v) is 1.11. The molecule has 15 heavy (non-hydrogen) atoms. The van der Waals surface area contributed by atoms with Crippen LogP contribution in [0.4, 0.5) is 5.82 Å². The summed E-state index contributed by atoms with van der Waals surface area (Å²) in [7, 11) is 0. The highest BCUT2D eigenvalue weighted by Crippen LogP contribution is 2.13. The van der Waals surface area contributed by atoms with Crippen LogP contribution < -0.4 is 11.1 Å². The fraction of sp³-hybridized carbons (Fsp3) is 0.444. The van der Waals surface area contributed by atoms with E-state index < -0.39 is 5.91 Å². The van der Waals surface area contributed by atoms with Crippen LogP contribution in [-0.2, 0) is 0 Å². The van der Waals surface area contributed by atoms with Gasteiger partial charge >= 0.3 is 0 Å². The third kappa shape index (κ3) is 3.36. The summed E-state index contributed by atoms with van der Waals surface area (Å²) in [5.74, 6) is 0.244. The van der Waals surface area contributed by atoms with Crippen LogP contribution >= 0.6 is 11.6 Å². The highest BCUT2D eigenvalue weighted by molar-refractivity contribution is 6.28. The molecule has 0 saturated carbocycles. The molecule has 0 spiro atoms. The molecule has 1 amide bonds. The second kappa shape index (κ2) is 4.93. The van der Waals surface area contributed by atoms with Crippen LogP contribution in [0.15, 0.2) is 6.20 Å². The van der Waals surface area contributed by atoms with Crippen LogP contribution in [0.3, 0.4) is 0 Å². The van der Waals surface area contributed by atoms with Crippen LogP contribution in [0.1, 0.15) is 24.2 Å². The third-order valence-electron chi connectivity index (χ3n) is 1.70. The summed E-state index contributed by atoms with van der Waals surface area (Å²) in [5, 5.41) is 3.09. The number of nitrogens with two attached hydrogens (primary N) is 1. The zero-order chi connectivity index (χ0) is 11.4. The Morgan fingerprint density at radius 3 is 2.87 bits per heavy atom. The van der Waals surface area contributed by atoms with E-state index in [-0.39, 0.29) is 10.8 Å². The molecule has 1 rings (SSSR count). The van der Waals surface area contributed by atoms with Gasteiger partial charge in [0.25, 0.3) is 5.91 Å². The van der Waals surface area contributed by atoms with Gasteiger partial charge in [-0.05, 0) is 17.5 Å². The molecule has 82 valence electrons. The van der Waals surface area contributed by atoms with Gasteiger partial charge in [-0.25, -0.2) is 4.98 Å². The third-order valence-corrected chi connectivity index (χ3v) is 1.88. The first-order valence-electron chi connectivity index (χ1n) is 4.57. The standard InChI is InChI=1S/C9H13ClN4O/c1-5(2)3-12-8-6(7(11)15)4-13-9(10)14-8/h4-5H,3H2,1-2H3,(H2,11,15)(H,12,13,14). The maximum atomic E-state index is 11.0. The van der Waals surface area contributed by atoms with Crippen molar-refractivity contribution in [3.63, 3.8) is 0 Å². The number of nitrogens with one attached hydrogen (secondary N) is 1. The Hall–Kier alpha value is -1.36. The van der Waals surface area contributed by atoms with E-state index in [0.717, 1.165) is 0 Å². The van der Waals surface area contributed by atoms with Crippen LogP contribution in [0.2, 0.25) is 5.28 Å². The Labute approximate surface area is 93.0 Å². The number of hydrogen-bond acceptors (Lipinski definition) is 4. The number of carbonyl (C=O) groups is 1. The summed E-state index contributed by atoms with van der Waals surface area (Å²) in [4.78, 5) is 18.6. The molecule has 5 nitrogen and oxygen atoms in total. The van der Waals surface area contributed by atoms with E-state index in [0.29, 0.717) is 18.3 Å². The Balaban J connectivity index is 2.92. The van der Waals surface area contributed by atoms with E-state index in [1.165, 1.54) is 6.20 Å². The minimum absolute atomic E-state index is 0.0891. The average Bonchev–Trinajstić information content (AvgIpc) is 2.14. The predicted molar refractivity (Wildman–Crippen MR) is 58.9 cm³/mol. The predicted octanol–water partition coefficient (Wildman–Crippen LogP) is 1.30. The van der Waals surface area contributed by atoms with Crippen molar-refractivity contribution < 1.29 is 4.79 Å². The van der Waals surface area contributed by atoms with Gasteiger partial charge in [-0.15, -0.1) is 0 Å². The second-order valence-corrected chi connectivity index (χ2v) is 3.88. The molecule has 0 saturated heterocycles. The van der Waals surface area contributed by atoms with Gasteiger partial charge in [-0.1, -0.05) is 13.8 Å². The minimum Gasteiger partial charge on any atom is -0.369 e. The Kier molecular flexibility index (Phi) is 3.85. The zero-order valence-electron chi connectivity index (χ0n) is 8.62. The van der Waals surface area contributed by atoms with Crippen molar-refractivity contribution in [2.45, 2.75) is 13.8 Å². The average molecular weight is 229 g/mol. The molecule has 0 radical (unpaired) electrons. The van der Waals surface area contributed by atoms with Gasteiger partial charge in [0.15, 0.2) is 0 Å². The number of aromatic nitrogens is 2. The largest absolute Gasteiger partial charge is 0.369 e. The second-order valence-electron chi connectivity index (χ2n) is 3.54. The van der Waals surface area contributed by atoms with Gasteiger partial charge in [0, 0.05) is 12.7 Å². The minimum atomic E-state index is -0.571. The number of hydrogen-bond donors (Lipinski definition) is 2. The Bertz CT molecular complexity index is 367. The van der Waals surface area contributed by atoms with Crippen molar-refractivity contribution in [1.82, 2.24) is 9.97 Å². The lowest BCUT2D eigenvalue weighted by molar-refractivity contribution is 0.100. The molecule has 3 N–H and O–H groups in total. The molecule has 0 aliphatic rings. The maximum Gasteiger partial charge on any atom is 0.254 e. The number of carbonyl (C=O) groups excluding carboxylic acids is 1. The van der Waals surface area contributed by atoms with E-state index in [1.54, 1.807) is 0 Å². The number of anilines is 1. The quantitative estimate of drug-likeness (QED) is 0.761. The van der Waals surface area contributed by atoms with Gasteiger partial charge in [0.1, 0.15) is 5.82 Å². The number of halogens is 1. The Morgan fingerprint density at radius 2 is 2.33 bits per heavy atom. The molecule has 6 heteroatoms. The summed E-state index contributed by atoms with van der Waals surface area (Å²) >= 11 is 5.62. The number of amides is 1. The number of rotatable bonds is 4. The smallest absolute Gasteiger partial charge is 0.254 e. The first-order chi connectivity index (χ1) is 7.00. The zero-order valence-corrected chi connectivity index (χ0v) is 9.38. The summed E-state index contributed by atoms with van der Waals surface area (Å²) in [6.07, 6.45) is 1.32. The molecule has 1 aromatic rings. The normalized spacial score (nSPS) is 10.4. The fourth-order valence-electron chi connectivity index (χ4n) is 0.976. The summed E-state index contributed by atoms with van der Waals surface area (Å²) in [6, 6.07) is 0. The van der Waals surface area contributed by atoms with Crippen LogP contribution in [0.25, 0.3) is 0 Å². The molecule has 1 heterocycles. The number of primary amides is 1. The van der Waals surface area contributed by atoms with Crippen LogP contribution in [0, 0.1) is 5.92 Å². The van der Waals surface area contributed by atoms with Gasteiger partial charge < -0.3 is 11.1 Å². The molecule has 0 aliphatic carbocycles. The number of nitrogens with zero attached hydrogens (tertiary/aromatic N) is 2. The van der Waals surface area contributed by atoms with Crippen molar-refractivity contribution in [3.05, 3.63) is 17.0 Å². The lowest BCUT2D eigenvalue weighted by Crippen LogP contribution is -2.18. The van der Waals surface area contributed by atoms with E-state index in [4.69, 9.17) is 17.3 Å². The molecule has 0 atom stereocenters. The van der Waals surface area contributed by atoms with E-state index in [2.05, 4.69) is 15.3 Å². The van der Waals surface area contributed by atoms with Crippen molar-refractivity contribution in [1.29, 1.82) is 0 Å². The Morgan fingerprint density at radius 1 is 1.67 bits per heavy atom. The lowest BCUT2D eigenvalue weighted by atomic mass is 10.2. The van der Waals surface area contributed by atoms with Crippen LogP contribution in [0.5, 0.6) is 0 Å². The molecule has 0 unspecified atom stereocenters. The van der Waals surface area contributed by atoms with Crippen molar-refractivity contribution >= 4 is 23.3 Å². The van der Waals surface area contributed by atoms with E-state index >= 15 is 0 Å². The monoisotopic (exact) mass is 228 g/mol. The van der Waals surface area contributed by atoms with E-state index in [9.17, 15) is 4.79 Å². The SMILES string of the molecule is CC(C)CNc1nc(Cl)ncc1C(N)=O. The highest BCUT2D eigenvalue weighted by atomic mass is 35.5. The van der Waals surface area contributed by atoms with Gasteiger partial charge in [-0.3, -0.25) is 4.79 Å². The summed E-state index contributed by atoms with van der Waals surface area (Å²) < 4.78 is 0. The van der Waals surface area contributed by atoms with Crippen molar-refractivity contribution in [3.8, 4) is 0 Å². The summed E-state index contributed by atoms with van der Waals surface area (Å²) in [5.41, 5.74) is 5.42. The molecule has 0 aromatic carbocycles. The molecule has 0 fully saturated rings. The van der Waals surface area contributed by atoms with Gasteiger partial charge in [-0.2, -0.15) is 4.98 Å². The molecular weight excluding hydrogens is 216 g/mol. The van der Waals surface area contributed by atoms with Gasteiger partial charge in [0.05, 0.1) is 5.56 Å². The molecule has 0 aliphatic heterocycles.